The minimum atomic E-state index is -0.554. The fraction of sp³-hybridized carbons (Fsp3) is 0.533. The Morgan fingerprint density at radius 2 is 2.14 bits per heavy atom. The summed E-state index contributed by atoms with van der Waals surface area (Å²) in [6.45, 7) is 1.000. The van der Waals surface area contributed by atoms with E-state index in [2.05, 4.69) is 5.32 Å². The van der Waals surface area contributed by atoms with Gasteiger partial charge in [0.2, 0.25) is 5.91 Å². The van der Waals surface area contributed by atoms with Crippen LogP contribution in [0.3, 0.4) is 0 Å². The molecule has 2 rings (SSSR count). The Morgan fingerprint density at radius 1 is 1.43 bits per heavy atom. The molecule has 0 aliphatic carbocycles. The average molecular weight is 314 g/mol. The number of hydrogen-bond donors (Lipinski definition) is 1. The molecule has 0 aromatic heterocycles. The molecule has 1 amide bonds. The molecule has 0 saturated carbocycles. The maximum absolute atomic E-state index is 13.7. The summed E-state index contributed by atoms with van der Waals surface area (Å²) in [6, 6.07) is 3.83. The molecule has 1 fully saturated rings. The van der Waals surface area contributed by atoms with Crippen molar-refractivity contribution in [3.8, 4) is 0 Å². The summed E-state index contributed by atoms with van der Waals surface area (Å²) in [7, 11) is 0. The summed E-state index contributed by atoms with van der Waals surface area (Å²) < 4.78 is 27.5. The topological polar surface area (TPSA) is 32.3 Å². The number of hydrogen-bond acceptors (Lipinski definition) is 3. The first-order valence-corrected chi connectivity index (χ1v) is 8.48. The zero-order chi connectivity index (χ0) is 15.2. The Hall–Kier alpha value is -1.30. The van der Waals surface area contributed by atoms with Crippen molar-refractivity contribution < 1.29 is 13.6 Å². The van der Waals surface area contributed by atoms with E-state index in [1.165, 1.54) is 18.2 Å². The van der Waals surface area contributed by atoms with Gasteiger partial charge in [-0.25, -0.2) is 8.78 Å². The molecule has 116 valence electrons. The number of thioether (sulfide) groups is 1. The van der Waals surface area contributed by atoms with Gasteiger partial charge in [0.25, 0.3) is 0 Å². The van der Waals surface area contributed by atoms with E-state index in [9.17, 15) is 13.6 Å². The molecule has 0 radical (unpaired) electrons. The van der Waals surface area contributed by atoms with Crippen LogP contribution in [0.25, 0.3) is 0 Å². The van der Waals surface area contributed by atoms with Crippen molar-refractivity contribution in [3.05, 3.63) is 29.8 Å². The van der Waals surface area contributed by atoms with Crippen LogP contribution in [0.15, 0.2) is 18.2 Å². The highest BCUT2D eigenvalue weighted by Crippen LogP contribution is 2.26. The van der Waals surface area contributed by atoms with Crippen LogP contribution in [0.1, 0.15) is 19.3 Å². The second-order valence-corrected chi connectivity index (χ2v) is 6.15. The molecular weight excluding hydrogens is 294 g/mol. The fourth-order valence-corrected chi connectivity index (χ4v) is 2.98. The molecule has 21 heavy (non-hydrogen) atoms. The van der Waals surface area contributed by atoms with Gasteiger partial charge < -0.3 is 10.2 Å². The number of halogens is 2. The predicted molar refractivity (Wildman–Crippen MR) is 82.7 cm³/mol. The molecule has 0 bridgehead atoms. The number of benzene rings is 1. The highest BCUT2D eigenvalue weighted by atomic mass is 32.2. The monoisotopic (exact) mass is 314 g/mol. The zero-order valence-corrected chi connectivity index (χ0v) is 12.9. The van der Waals surface area contributed by atoms with E-state index in [4.69, 9.17) is 0 Å². The first-order valence-electron chi connectivity index (χ1n) is 7.09. The van der Waals surface area contributed by atoms with Gasteiger partial charge in [0, 0.05) is 25.6 Å². The minimum Gasteiger partial charge on any atom is -0.365 e. The third kappa shape index (κ3) is 4.33. The fourth-order valence-electron chi connectivity index (χ4n) is 2.55. The summed E-state index contributed by atoms with van der Waals surface area (Å²) in [5, 5.41) is 2.94. The predicted octanol–water partition coefficient (Wildman–Crippen LogP) is 2.80. The number of amides is 1. The summed E-state index contributed by atoms with van der Waals surface area (Å²) in [4.78, 5) is 13.4. The first-order chi connectivity index (χ1) is 10.1. The highest BCUT2D eigenvalue weighted by Gasteiger charge is 2.27. The standard InChI is InChI=1S/C15H20F2N2OS/c1-21-9-3-6-14(20)18-11-7-8-19(10-11)15-12(16)4-2-5-13(15)17/h2,4-5,11H,3,6-10H2,1H3,(H,18,20)/t11-/m0/s1. The van der Waals surface area contributed by atoms with E-state index in [1.807, 2.05) is 6.26 Å². The highest BCUT2D eigenvalue weighted by molar-refractivity contribution is 7.98. The van der Waals surface area contributed by atoms with Crippen molar-refractivity contribution >= 4 is 23.4 Å². The lowest BCUT2D eigenvalue weighted by Crippen LogP contribution is -2.37. The van der Waals surface area contributed by atoms with Gasteiger partial charge in [0.15, 0.2) is 0 Å². The first kappa shape index (κ1) is 16.1. The van der Waals surface area contributed by atoms with Gasteiger partial charge in [-0.15, -0.1) is 0 Å². The van der Waals surface area contributed by atoms with E-state index in [0.717, 1.165) is 12.2 Å². The number of rotatable bonds is 6. The summed E-state index contributed by atoms with van der Waals surface area (Å²) in [5.74, 6) is -0.126. The Morgan fingerprint density at radius 3 is 2.81 bits per heavy atom. The number of carbonyl (C=O) groups is 1. The van der Waals surface area contributed by atoms with Crippen molar-refractivity contribution in [2.24, 2.45) is 0 Å². The van der Waals surface area contributed by atoms with E-state index in [1.54, 1.807) is 16.7 Å². The van der Waals surface area contributed by atoms with Crippen molar-refractivity contribution in [3.63, 3.8) is 0 Å². The van der Waals surface area contributed by atoms with E-state index in [-0.39, 0.29) is 17.6 Å². The third-order valence-electron chi connectivity index (χ3n) is 3.56. The van der Waals surface area contributed by atoms with Crippen LogP contribution < -0.4 is 10.2 Å². The van der Waals surface area contributed by atoms with Gasteiger partial charge in [-0.05, 0) is 37.0 Å². The van der Waals surface area contributed by atoms with Crippen molar-refractivity contribution in [1.82, 2.24) is 5.32 Å². The van der Waals surface area contributed by atoms with Crippen LogP contribution in [0.4, 0.5) is 14.5 Å². The van der Waals surface area contributed by atoms with Gasteiger partial charge in [-0.2, -0.15) is 11.8 Å². The van der Waals surface area contributed by atoms with Crippen LogP contribution in [-0.2, 0) is 4.79 Å². The molecule has 3 nitrogen and oxygen atoms in total. The van der Waals surface area contributed by atoms with Gasteiger partial charge in [0.1, 0.15) is 17.3 Å². The molecule has 1 aliphatic rings. The third-order valence-corrected chi connectivity index (χ3v) is 4.26. The largest absolute Gasteiger partial charge is 0.365 e. The van der Waals surface area contributed by atoms with Crippen LogP contribution >= 0.6 is 11.8 Å². The number of para-hydroxylation sites is 1. The van der Waals surface area contributed by atoms with Crippen LogP contribution in [0, 0.1) is 11.6 Å². The van der Waals surface area contributed by atoms with Crippen molar-refractivity contribution in [1.29, 1.82) is 0 Å². The second kappa shape index (κ2) is 7.64. The molecule has 6 heteroatoms. The molecule has 1 aromatic carbocycles. The SMILES string of the molecule is CSCCCC(=O)N[C@H]1CCN(c2c(F)cccc2F)C1. The van der Waals surface area contributed by atoms with Gasteiger partial charge >= 0.3 is 0 Å². The summed E-state index contributed by atoms with van der Waals surface area (Å²) in [6.07, 6.45) is 4.08. The summed E-state index contributed by atoms with van der Waals surface area (Å²) >= 11 is 1.72. The van der Waals surface area contributed by atoms with Crippen LogP contribution in [-0.4, -0.2) is 37.0 Å². The quantitative estimate of drug-likeness (QED) is 0.820. The Bertz CT molecular complexity index is 478. The molecule has 1 atom stereocenters. The Labute approximate surface area is 128 Å². The van der Waals surface area contributed by atoms with E-state index in [0.29, 0.717) is 25.9 Å². The van der Waals surface area contributed by atoms with E-state index < -0.39 is 11.6 Å². The molecule has 0 spiro atoms. The maximum atomic E-state index is 13.7. The molecule has 0 unspecified atom stereocenters. The number of nitrogens with one attached hydrogen (secondary N) is 1. The Kier molecular flexibility index (Phi) is 5.85. The molecule has 1 saturated heterocycles. The van der Waals surface area contributed by atoms with Crippen LogP contribution in [0.2, 0.25) is 0 Å². The lowest BCUT2D eigenvalue weighted by atomic mass is 10.2. The van der Waals surface area contributed by atoms with Crippen molar-refractivity contribution in [2.45, 2.75) is 25.3 Å². The molecule has 1 aromatic rings. The van der Waals surface area contributed by atoms with Crippen molar-refractivity contribution in [2.75, 3.05) is 30.0 Å². The second-order valence-electron chi connectivity index (χ2n) is 5.17. The molecule has 1 heterocycles. The lowest BCUT2D eigenvalue weighted by Gasteiger charge is -2.20. The smallest absolute Gasteiger partial charge is 0.220 e. The normalized spacial score (nSPS) is 18.0. The number of nitrogens with zero attached hydrogens (tertiary/aromatic N) is 1. The van der Waals surface area contributed by atoms with Gasteiger partial charge in [-0.3, -0.25) is 4.79 Å². The number of carbonyl (C=O) groups excluding carboxylic acids is 1. The van der Waals surface area contributed by atoms with Crippen LogP contribution in [0.5, 0.6) is 0 Å². The molecule has 1 aliphatic heterocycles. The molecular formula is C15H20F2N2OS. The molecule has 1 N–H and O–H groups in total. The lowest BCUT2D eigenvalue weighted by molar-refractivity contribution is -0.121. The number of anilines is 1. The Balaban J connectivity index is 1.87. The zero-order valence-electron chi connectivity index (χ0n) is 12.1. The summed E-state index contributed by atoms with van der Waals surface area (Å²) in [5.41, 5.74) is 0.0108. The average Bonchev–Trinajstić information content (AvgIpc) is 2.87. The van der Waals surface area contributed by atoms with Gasteiger partial charge in [-0.1, -0.05) is 6.07 Å². The van der Waals surface area contributed by atoms with E-state index >= 15 is 0 Å². The van der Waals surface area contributed by atoms with Gasteiger partial charge in [0.05, 0.1) is 0 Å². The minimum absolute atomic E-state index is 0.0108. The maximum Gasteiger partial charge on any atom is 0.220 e.